The molecular formula is C73H89NO9. The maximum absolute atomic E-state index is 15.9. The van der Waals surface area contributed by atoms with Gasteiger partial charge in [0.25, 0.3) is 0 Å². The van der Waals surface area contributed by atoms with Gasteiger partial charge in [0.1, 0.15) is 23.6 Å². The van der Waals surface area contributed by atoms with Crippen LogP contribution in [0.5, 0.6) is 0 Å². The standard InChI is InChI=1S/C73H89NO9/c1-41-47-19-18-45(30-47)29-43-12-8-13-44(28-43)31-61-52-22-24-56-49(20-17-42-10-4-3-5-11-42)34-58(52)70(56)39-69(40-76)62-25-27-68-26-7-6-14-46-15-9-16-50(38-75)53(46)35-60(74-2)54-32-51(64(68)55-36-63(77)83-65(54)55)37-71(68,79)73(62,81)66(78)59-33-48(41)21-23-57(67(70)82-61)72(59,69)80/h3-5,8-13,15-16,28,36,40-41,45,47-49,51-52,54,56-62,64-67,74-75,78-81H,7,17-27,29-35,37-39H2,1-2H3/t41-,45-,47-,48+,49-,51+,52-,54+,56+,57+,58+,59-,60-,61-,62-,64-,65-,66-,67-,68-,69+,70+,71-,72-,73-/m1/s1. The summed E-state index contributed by atoms with van der Waals surface area (Å²) >= 11 is 0. The maximum atomic E-state index is 15.9. The number of carbonyl (C=O) groups excluding carboxylic acids is 2. The summed E-state index contributed by atoms with van der Waals surface area (Å²) in [4.78, 5) is 29.8. The zero-order chi connectivity index (χ0) is 56.6. The predicted octanol–water partition coefficient (Wildman–Crippen LogP) is 9.45. The first kappa shape index (κ1) is 54.2. The summed E-state index contributed by atoms with van der Waals surface area (Å²) in [5.74, 6) is 6.18. The Morgan fingerprint density at radius 2 is 1.58 bits per heavy atom. The molecule has 0 radical (unpaired) electrons. The third-order valence-electron chi connectivity index (χ3n) is 28.1. The van der Waals surface area contributed by atoms with Crippen molar-refractivity contribution >= 4 is 12.3 Å². The van der Waals surface area contributed by atoms with Crippen LogP contribution >= 0.6 is 0 Å². The summed E-state index contributed by atoms with van der Waals surface area (Å²) in [6, 6.07) is 26.0. The van der Waals surface area contributed by atoms with Crippen molar-refractivity contribution in [2.45, 2.75) is 196 Å². The Morgan fingerprint density at radius 1 is 0.783 bits per heavy atom. The highest BCUT2D eigenvalue weighted by Crippen LogP contribution is 2.82. The fourth-order valence-corrected chi connectivity index (χ4v) is 25.1. The quantitative estimate of drug-likeness (QED) is 0.0796. The van der Waals surface area contributed by atoms with Crippen LogP contribution < -0.4 is 5.32 Å². The zero-order valence-corrected chi connectivity index (χ0v) is 49.0. The monoisotopic (exact) mass is 1120 g/mol. The Kier molecular flexibility index (Phi) is 12.7. The minimum atomic E-state index is -2.21. The molecule has 1 saturated heterocycles. The van der Waals surface area contributed by atoms with Crippen LogP contribution in [0.2, 0.25) is 0 Å². The second-order valence-electron chi connectivity index (χ2n) is 30.4. The van der Waals surface area contributed by atoms with E-state index < -0.39 is 69.0 Å². The van der Waals surface area contributed by atoms with Gasteiger partial charge < -0.3 is 45.1 Å². The van der Waals surface area contributed by atoms with Gasteiger partial charge in [-0.15, -0.1) is 0 Å². The fraction of sp³-hybridized carbons (Fsp3) is 0.671. The third kappa shape index (κ3) is 7.23. The lowest BCUT2D eigenvalue weighted by Gasteiger charge is -2.77. The first-order chi connectivity index (χ1) is 40.2. The fourth-order valence-electron chi connectivity index (χ4n) is 25.1. The number of aldehydes is 1. The van der Waals surface area contributed by atoms with E-state index in [0.29, 0.717) is 75.5 Å². The number of fused-ring (bicyclic) bond motifs is 14. The number of benzene rings is 3. The molecule has 9 saturated carbocycles. The number of aliphatic hydroxyl groups excluding tert-OH is 2. The van der Waals surface area contributed by atoms with Gasteiger partial charge in [-0.2, -0.15) is 0 Å². The van der Waals surface area contributed by atoms with Crippen LogP contribution in [-0.2, 0) is 51.4 Å². The molecular weight excluding hydrogens is 1030 g/mol. The van der Waals surface area contributed by atoms with Crippen molar-refractivity contribution in [1.29, 1.82) is 0 Å². The zero-order valence-electron chi connectivity index (χ0n) is 49.0. The summed E-state index contributed by atoms with van der Waals surface area (Å²) in [6.07, 6.45) is 16.1. The van der Waals surface area contributed by atoms with Gasteiger partial charge in [-0.1, -0.05) is 85.5 Å². The highest BCUT2D eigenvalue weighted by Gasteiger charge is 2.88. The van der Waals surface area contributed by atoms with E-state index in [0.717, 1.165) is 92.8 Å². The van der Waals surface area contributed by atoms with E-state index >= 15 is 20.1 Å². The number of likely N-dealkylation sites (N-methyl/N-ethyl adjacent to an activating group) is 1. The molecule has 0 unspecified atom stereocenters. The number of nitrogens with one attached hydrogen (secondary N) is 1. The van der Waals surface area contributed by atoms with Gasteiger partial charge in [0, 0.05) is 58.6 Å². The summed E-state index contributed by atoms with van der Waals surface area (Å²) < 4.78 is 14.5. The summed E-state index contributed by atoms with van der Waals surface area (Å²) in [6.45, 7) is 2.31. The second kappa shape index (κ2) is 19.4. The van der Waals surface area contributed by atoms with Gasteiger partial charge in [0.15, 0.2) is 0 Å². The first-order valence-corrected chi connectivity index (χ1v) is 33.1. The van der Waals surface area contributed by atoms with E-state index in [4.69, 9.17) is 9.47 Å². The van der Waals surface area contributed by atoms with Crippen LogP contribution in [0.4, 0.5) is 0 Å². The molecule has 0 aromatic heterocycles. The normalized spacial score (nSPS) is 49.3. The van der Waals surface area contributed by atoms with Crippen molar-refractivity contribution in [2.24, 2.45) is 99.1 Å². The lowest BCUT2D eigenvalue weighted by Crippen LogP contribution is -2.87. The average Bonchev–Trinajstić information content (AvgIpc) is 1.67. The molecule has 440 valence electrons. The number of aryl methyl sites for hydroxylation is 1. The number of esters is 1. The third-order valence-corrected chi connectivity index (χ3v) is 28.1. The number of rotatable bonds is 6. The Labute approximate surface area is 491 Å². The summed E-state index contributed by atoms with van der Waals surface area (Å²) in [5, 5.41) is 74.1. The van der Waals surface area contributed by atoms with Gasteiger partial charge in [-0.3, -0.25) is 0 Å². The largest absolute Gasteiger partial charge is 0.454 e. The molecule has 25 atom stereocenters. The van der Waals surface area contributed by atoms with Crippen molar-refractivity contribution in [3.8, 4) is 11.8 Å². The van der Waals surface area contributed by atoms with Gasteiger partial charge in [-0.05, 0) is 234 Å². The lowest BCUT2D eigenvalue weighted by molar-refractivity contribution is -0.399. The van der Waals surface area contributed by atoms with Crippen LogP contribution in [0.15, 0.2) is 84.4 Å². The molecule has 3 aliphatic heterocycles. The summed E-state index contributed by atoms with van der Waals surface area (Å²) in [7, 11) is 1.95. The van der Waals surface area contributed by atoms with E-state index in [9.17, 15) is 15.0 Å². The van der Waals surface area contributed by atoms with Crippen molar-refractivity contribution in [3.63, 3.8) is 0 Å². The average molecular weight is 1120 g/mol. The molecule has 0 amide bonds. The van der Waals surface area contributed by atoms with Gasteiger partial charge in [0.2, 0.25) is 0 Å². The number of aliphatic hydroxyl groups is 5. The SMILES string of the molecule is CN[C@@H]1Cc2c(cccc2CO)C#CCC[C@]23CC[C@H]4[C@@](O)([C@H](O)[C@H]5C[C@@H]6CC[C@H]7[C@H]8O[C@H](Cc9cccc(c9)C[C@H]9CC[C@H](C9)[C@H]6C)[C@@H]6CC[C@H]9[C@H](CCc%10ccccc%10)C[C@@H]6[C@@]89C[C@@]4(C=O)[C@]57O)[C@@]2(O)C[C@@H]2C[C@@H]1[C@H]1OC(=O)C=C1[C@@H]23. The molecule has 3 heterocycles. The molecule has 17 rings (SSSR count). The lowest BCUT2D eigenvalue weighted by atomic mass is 9.31. The van der Waals surface area contributed by atoms with Gasteiger partial charge in [0.05, 0.1) is 35.9 Å². The van der Waals surface area contributed by atoms with Crippen LogP contribution in [0.3, 0.4) is 0 Å². The number of hydrogen-bond donors (Lipinski definition) is 6. The predicted molar refractivity (Wildman–Crippen MR) is 314 cm³/mol. The number of hydrogen-bond acceptors (Lipinski definition) is 10. The molecule has 10 heteroatoms. The molecule has 10 nitrogen and oxygen atoms in total. The Bertz CT molecular complexity index is 3190. The van der Waals surface area contributed by atoms with E-state index in [1.54, 1.807) is 6.08 Å². The van der Waals surface area contributed by atoms with E-state index in [1.807, 2.05) is 25.2 Å². The van der Waals surface area contributed by atoms with Crippen molar-refractivity contribution in [2.75, 3.05) is 7.05 Å². The van der Waals surface area contributed by atoms with Crippen molar-refractivity contribution < 1.29 is 44.6 Å². The highest BCUT2D eigenvalue weighted by atomic mass is 16.5. The minimum Gasteiger partial charge on any atom is -0.454 e. The molecule has 83 heavy (non-hydrogen) atoms. The number of carbonyl (C=O) groups is 2. The highest BCUT2D eigenvalue weighted by molar-refractivity contribution is 5.86. The molecule has 3 aromatic carbocycles. The van der Waals surface area contributed by atoms with Gasteiger partial charge in [-0.25, -0.2) is 4.79 Å². The Morgan fingerprint density at radius 3 is 2.40 bits per heavy atom. The van der Waals surface area contributed by atoms with Crippen molar-refractivity contribution in [3.05, 3.63) is 118 Å². The minimum absolute atomic E-state index is 0.0532. The Balaban J connectivity index is 0.884. The van der Waals surface area contributed by atoms with Crippen molar-refractivity contribution in [1.82, 2.24) is 5.32 Å². The van der Waals surface area contributed by atoms with E-state index in [1.165, 1.54) is 23.1 Å². The van der Waals surface area contributed by atoms with E-state index in [-0.39, 0.29) is 78.6 Å². The van der Waals surface area contributed by atoms with Crippen LogP contribution in [-0.4, -0.2) is 92.1 Å². The second-order valence-corrected chi connectivity index (χ2v) is 30.4. The molecule has 16 bridgehead atoms. The number of ether oxygens (including phenoxy) is 2. The van der Waals surface area contributed by atoms with Crippen LogP contribution in [0, 0.1) is 111 Å². The smallest absolute Gasteiger partial charge is 0.331 e. The molecule has 10 fully saturated rings. The molecule has 6 N–H and O–H groups in total. The van der Waals surface area contributed by atoms with E-state index in [2.05, 4.69) is 78.7 Å². The van der Waals surface area contributed by atoms with Crippen LogP contribution in [0.25, 0.3) is 0 Å². The molecule has 11 aliphatic carbocycles. The van der Waals surface area contributed by atoms with Gasteiger partial charge >= 0.3 is 5.97 Å². The molecule has 14 aliphatic rings. The Hall–Kier alpha value is -4.18. The summed E-state index contributed by atoms with van der Waals surface area (Å²) in [5.41, 5.74) is -1.31. The molecule has 2 spiro atoms. The molecule has 3 aromatic rings. The topological polar surface area (TPSA) is 166 Å². The first-order valence-electron chi connectivity index (χ1n) is 33.1. The van der Waals surface area contributed by atoms with Crippen LogP contribution in [0.1, 0.15) is 149 Å². The maximum Gasteiger partial charge on any atom is 0.331 e.